The Morgan fingerprint density at radius 2 is 1.94 bits per heavy atom. The number of nitrogens with two attached hydrogens (primary N) is 1. The van der Waals surface area contributed by atoms with E-state index in [2.05, 4.69) is 20.7 Å². The zero-order chi connectivity index (χ0) is 13.9. The van der Waals surface area contributed by atoms with Crippen LogP contribution in [0.3, 0.4) is 0 Å². The van der Waals surface area contributed by atoms with Crippen LogP contribution in [0.2, 0.25) is 0 Å². The van der Waals surface area contributed by atoms with E-state index in [0.717, 1.165) is 6.07 Å². The third-order valence-corrected chi connectivity index (χ3v) is 4.83. The lowest BCUT2D eigenvalue weighted by Crippen LogP contribution is -2.34. The summed E-state index contributed by atoms with van der Waals surface area (Å²) in [5.74, 6) is -0.589. The van der Waals surface area contributed by atoms with Gasteiger partial charge in [0.05, 0.1) is 10.2 Å². The number of hydrogen-bond donors (Lipinski definition) is 2. The molecule has 1 rings (SSSR count). The summed E-state index contributed by atoms with van der Waals surface area (Å²) in [5.41, 5.74) is 5.45. The molecule has 3 N–H and O–H groups in total. The van der Waals surface area contributed by atoms with Crippen molar-refractivity contribution in [2.75, 3.05) is 5.73 Å². The van der Waals surface area contributed by atoms with Gasteiger partial charge < -0.3 is 5.73 Å². The fraction of sp³-hybridized carbons (Fsp3) is 0.455. The first kappa shape index (κ1) is 15.4. The van der Waals surface area contributed by atoms with E-state index in [4.69, 9.17) is 5.73 Å². The van der Waals surface area contributed by atoms with Crippen LogP contribution in [0.4, 0.5) is 10.1 Å². The Labute approximate surface area is 115 Å². The second-order valence-electron chi connectivity index (χ2n) is 3.94. The molecule has 4 nitrogen and oxygen atoms in total. The summed E-state index contributed by atoms with van der Waals surface area (Å²) >= 11 is 2.95. The van der Waals surface area contributed by atoms with Crippen LogP contribution in [0.5, 0.6) is 0 Å². The van der Waals surface area contributed by atoms with Crippen LogP contribution in [0, 0.1) is 5.82 Å². The maximum Gasteiger partial charge on any atom is 0.242 e. The van der Waals surface area contributed by atoms with E-state index in [1.807, 2.05) is 13.8 Å². The largest absolute Gasteiger partial charge is 0.398 e. The molecule has 0 aliphatic carbocycles. The monoisotopic (exact) mass is 338 g/mol. The summed E-state index contributed by atoms with van der Waals surface area (Å²) in [4.78, 5) is -0.109. The van der Waals surface area contributed by atoms with Gasteiger partial charge in [0, 0.05) is 6.04 Å². The number of sulfonamides is 1. The number of halogens is 2. The molecule has 0 spiro atoms. The molecule has 0 saturated carbocycles. The van der Waals surface area contributed by atoms with E-state index in [1.54, 1.807) is 0 Å². The van der Waals surface area contributed by atoms with Gasteiger partial charge in [0.15, 0.2) is 0 Å². The smallest absolute Gasteiger partial charge is 0.242 e. The van der Waals surface area contributed by atoms with Gasteiger partial charge in [0.2, 0.25) is 10.0 Å². The molecule has 1 aromatic carbocycles. The van der Waals surface area contributed by atoms with Crippen LogP contribution in [0.1, 0.15) is 26.7 Å². The van der Waals surface area contributed by atoms with Gasteiger partial charge in [-0.3, -0.25) is 0 Å². The van der Waals surface area contributed by atoms with Crippen molar-refractivity contribution in [3.63, 3.8) is 0 Å². The number of nitrogen functional groups attached to an aromatic ring is 1. The second kappa shape index (κ2) is 5.99. The zero-order valence-electron chi connectivity index (χ0n) is 10.2. The lowest BCUT2D eigenvalue weighted by atomic mass is 10.2. The minimum Gasteiger partial charge on any atom is -0.398 e. The summed E-state index contributed by atoms with van der Waals surface area (Å²) in [7, 11) is -3.73. The van der Waals surface area contributed by atoms with Crippen molar-refractivity contribution in [2.24, 2.45) is 0 Å². The maximum absolute atomic E-state index is 13.2. The minimum atomic E-state index is -3.73. The number of benzene rings is 1. The molecule has 1 aromatic rings. The molecule has 102 valence electrons. The van der Waals surface area contributed by atoms with E-state index >= 15 is 0 Å². The molecule has 0 unspecified atom stereocenters. The Balaban J connectivity index is 3.16. The average Bonchev–Trinajstić information content (AvgIpc) is 2.30. The van der Waals surface area contributed by atoms with Gasteiger partial charge in [-0.1, -0.05) is 13.8 Å². The van der Waals surface area contributed by atoms with Crippen molar-refractivity contribution in [2.45, 2.75) is 37.6 Å². The van der Waals surface area contributed by atoms with Crippen molar-refractivity contribution in [1.82, 2.24) is 4.72 Å². The van der Waals surface area contributed by atoms with Gasteiger partial charge in [-0.2, -0.15) is 0 Å². The summed E-state index contributed by atoms with van der Waals surface area (Å²) in [5, 5.41) is 0. The third-order valence-electron chi connectivity index (χ3n) is 2.65. The highest BCUT2D eigenvalue weighted by Crippen LogP contribution is 2.26. The Bertz CT molecular complexity index is 530. The first-order chi connectivity index (χ1) is 8.31. The van der Waals surface area contributed by atoms with Crippen molar-refractivity contribution in [1.29, 1.82) is 0 Å². The zero-order valence-corrected chi connectivity index (χ0v) is 12.6. The van der Waals surface area contributed by atoms with E-state index in [0.29, 0.717) is 12.8 Å². The first-order valence-corrected chi connectivity index (χ1v) is 7.86. The van der Waals surface area contributed by atoms with E-state index in [1.165, 1.54) is 6.07 Å². The number of rotatable bonds is 5. The molecular weight excluding hydrogens is 323 g/mol. The number of nitrogens with one attached hydrogen (secondary N) is 1. The highest BCUT2D eigenvalue weighted by molar-refractivity contribution is 9.10. The van der Waals surface area contributed by atoms with Crippen LogP contribution in [-0.2, 0) is 10.0 Å². The molecule has 0 aliphatic rings. The van der Waals surface area contributed by atoms with Gasteiger partial charge in [0.1, 0.15) is 10.7 Å². The Morgan fingerprint density at radius 3 is 2.44 bits per heavy atom. The van der Waals surface area contributed by atoms with Gasteiger partial charge in [0.25, 0.3) is 0 Å². The summed E-state index contributed by atoms with van der Waals surface area (Å²) in [6, 6.07) is 2.01. The molecule has 0 radical (unpaired) electrons. The number of anilines is 1. The molecule has 0 saturated heterocycles. The van der Waals surface area contributed by atoms with Crippen molar-refractivity contribution in [3.05, 3.63) is 22.4 Å². The Hall–Kier alpha value is -0.660. The first-order valence-electron chi connectivity index (χ1n) is 5.58. The van der Waals surface area contributed by atoms with Gasteiger partial charge in [-0.05, 0) is 40.9 Å². The predicted molar refractivity (Wildman–Crippen MR) is 73.2 cm³/mol. The maximum atomic E-state index is 13.2. The predicted octanol–water partition coefficient (Wildman–Crippen LogP) is 2.64. The topological polar surface area (TPSA) is 72.2 Å². The molecule has 0 fully saturated rings. The normalized spacial score (nSPS) is 12.1. The summed E-state index contributed by atoms with van der Waals surface area (Å²) in [6.07, 6.45) is 1.36. The molecule has 0 atom stereocenters. The minimum absolute atomic E-state index is 0.0709. The highest BCUT2D eigenvalue weighted by atomic mass is 79.9. The lowest BCUT2D eigenvalue weighted by Gasteiger charge is -2.16. The van der Waals surface area contributed by atoms with Crippen LogP contribution in [-0.4, -0.2) is 14.5 Å². The van der Waals surface area contributed by atoms with Crippen LogP contribution >= 0.6 is 15.9 Å². The summed E-state index contributed by atoms with van der Waals surface area (Å²) < 4.78 is 40.0. The third kappa shape index (κ3) is 3.43. The van der Waals surface area contributed by atoms with Crippen molar-refractivity contribution >= 4 is 31.6 Å². The molecule has 0 bridgehead atoms. The number of hydrogen-bond acceptors (Lipinski definition) is 3. The molecule has 0 amide bonds. The van der Waals surface area contributed by atoms with E-state index < -0.39 is 15.8 Å². The quantitative estimate of drug-likeness (QED) is 0.810. The van der Waals surface area contributed by atoms with E-state index in [9.17, 15) is 12.8 Å². The fourth-order valence-corrected chi connectivity index (χ4v) is 3.55. The highest BCUT2D eigenvalue weighted by Gasteiger charge is 2.22. The molecule has 7 heteroatoms. The molecular formula is C11H16BrFN2O2S. The Kier molecular flexibility index (Phi) is 5.12. The molecule has 0 aliphatic heterocycles. The lowest BCUT2D eigenvalue weighted by molar-refractivity contribution is 0.530. The van der Waals surface area contributed by atoms with Gasteiger partial charge in [-0.25, -0.2) is 17.5 Å². The molecule has 0 aromatic heterocycles. The molecule has 18 heavy (non-hydrogen) atoms. The average molecular weight is 339 g/mol. The standard InChI is InChI=1S/C11H16BrFN2O2S/c1-3-7(4-2)15-18(16,17)11-5-8(12)9(13)6-10(11)14/h5-7,15H,3-4,14H2,1-2H3. The SMILES string of the molecule is CCC(CC)NS(=O)(=O)c1cc(Br)c(F)cc1N. The van der Waals surface area contributed by atoms with Crippen LogP contribution in [0.15, 0.2) is 21.5 Å². The van der Waals surface area contributed by atoms with Crippen molar-refractivity contribution in [3.8, 4) is 0 Å². The Morgan fingerprint density at radius 1 is 1.39 bits per heavy atom. The van der Waals surface area contributed by atoms with Gasteiger partial charge in [-0.15, -0.1) is 0 Å². The van der Waals surface area contributed by atoms with Crippen molar-refractivity contribution < 1.29 is 12.8 Å². The fourth-order valence-electron chi connectivity index (χ4n) is 1.51. The van der Waals surface area contributed by atoms with E-state index in [-0.39, 0.29) is 21.1 Å². The second-order valence-corrected chi connectivity index (χ2v) is 6.48. The van der Waals surface area contributed by atoms with Gasteiger partial charge >= 0.3 is 0 Å². The summed E-state index contributed by atoms with van der Waals surface area (Å²) in [6.45, 7) is 3.78. The molecule has 0 heterocycles. The van der Waals surface area contributed by atoms with Crippen LogP contribution in [0.25, 0.3) is 0 Å². The van der Waals surface area contributed by atoms with Crippen LogP contribution < -0.4 is 10.5 Å².